The smallest absolute Gasteiger partial charge is 0.257 e. The van der Waals surface area contributed by atoms with Crippen molar-refractivity contribution in [3.05, 3.63) is 160 Å². The molecule has 0 bridgehead atoms. The molecule has 1 aliphatic rings. The standard InChI is InChI=1S/C41H38F5N3O4/c1-24-32(22-49(2)20-18-30-8-5-6-19-47-30)52-41(53-39(24)27-12-10-25(23-50)11-13-27)28-16-14-26(15-17-28)31-9-4-3-7-29(31)21-48-40(51)33-34(42)36(44)38(46)37(45)35(33)43/h3-17,19,24,32,39,41,50H,18,20-23H2,1-2H3,(H,48,51). The predicted molar refractivity (Wildman–Crippen MR) is 188 cm³/mol. The van der Waals surface area contributed by atoms with Crippen LogP contribution in [-0.4, -0.2) is 47.1 Å². The summed E-state index contributed by atoms with van der Waals surface area (Å²) < 4.78 is 82.7. The van der Waals surface area contributed by atoms with Gasteiger partial charge in [-0.05, 0) is 47.0 Å². The third-order valence-corrected chi connectivity index (χ3v) is 9.48. The van der Waals surface area contributed by atoms with Gasteiger partial charge in [0, 0.05) is 49.4 Å². The monoisotopic (exact) mass is 731 g/mol. The molecule has 0 spiro atoms. The normalized spacial score (nSPS) is 18.7. The van der Waals surface area contributed by atoms with Gasteiger partial charge < -0.3 is 24.8 Å². The van der Waals surface area contributed by atoms with E-state index in [1.807, 2.05) is 73.8 Å². The zero-order valence-electron chi connectivity index (χ0n) is 29.0. The highest BCUT2D eigenvalue weighted by Crippen LogP contribution is 2.42. The highest BCUT2D eigenvalue weighted by molar-refractivity contribution is 5.95. The molecular weight excluding hydrogens is 693 g/mol. The van der Waals surface area contributed by atoms with Gasteiger partial charge in [0.25, 0.3) is 5.91 Å². The summed E-state index contributed by atoms with van der Waals surface area (Å²) in [6.07, 6.45) is 1.34. The first-order valence-corrected chi connectivity index (χ1v) is 17.1. The molecule has 2 N–H and O–H groups in total. The molecule has 1 saturated heterocycles. The Bertz CT molecular complexity index is 2000. The van der Waals surface area contributed by atoms with Crippen molar-refractivity contribution in [1.29, 1.82) is 0 Å². The van der Waals surface area contributed by atoms with Gasteiger partial charge in [-0.1, -0.05) is 85.8 Å². The first-order chi connectivity index (χ1) is 25.5. The highest BCUT2D eigenvalue weighted by atomic mass is 19.2. The second-order valence-corrected chi connectivity index (χ2v) is 13.1. The van der Waals surface area contributed by atoms with E-state index in [-0.39, 0.29) is 31.3 Å². The van der Waals surface area contributed by atoms with Crippen molar-refractivity contribution in [1.82, 2.24) is 15.2 Å². The minimum absolute atomic E-state index is 0.0188. The fourth-order valence-corrected chi connectivity index (χ4v) is 6.42. The van der Waals surface area contributed by atoms with Crippen LogP contribution in [0.2, 0.25) is 0 Å². The number of likely N-dealkylation sites (N-methyl/N-ethyl adjacent to an activating group) is 1. The fraction of sp³-hybridized carbons (Fsp3) is 0.268. The van der Waals surface area contributed by atoms with Crippen LogP contribution in [0.1, 0.15) is 57.6 Å². The average molecular weight is 732 g/mol. The predicted octanol–water partition coefficient (Wildman–Crippen LogP) is 7.83. The summed E-state index contributed by atoms with van der Waals surface area (Å²) in [5.74, 6) is -12.6. The Labute approximate surface area is 304 Å². The maximum atomic E-state index is 14.3. The minimum atomic E-state index is -2.34. The molecule has 1 aliphatic heterocycles. The van der Waals surface area contributed by atoms with E-state index in [0.29, 0.717) is 17.7 Å². The summed E-state index contributed by atoms with van der Waals surface area (Å²) in [7, 11) is 2.05. The van der Waals surface area contributed by atoms with E-state index in [2.05, 4.69) is 22.1 Å². The quantitative estimate of drug-likeness (QED) is 0.0774. The molecule has 6 rings (SSSR count). The number of amides is 1. The lowest BCUT2D eigenvalue weighted by Crippen LogP contribution is -2.43. The van der Waals surface area contributed by atoms with Crippen LogP contribution in [0, 0.1) is 35.0 Å². The van der Waals surface area contributed by atoms with E-state index in [0.717, 1.165) is 40.9 Å². The van der Waals surface area contributed by atoms with E-state index in [1.54, 1.807) is 30.5 Å². The van der Waals surface area contributed by atoms with Crippen molar-refractivity contribution in [2.75, 3.05) is 20.1 Å². The Morgan fingerprint density at radius 1 is 0.811 bits per heavy atom. The summed E-state index contributed by atoms with van der Waals surface area (Å²) in [4.78, 5) is 19.3. The van der Waals surface area contributed by atoms with E-state index in [1.165, 1.54) is 0 Å². The van der Waals surface area contributed by atoms with Crippen molar-refractivity contribution in [2.45, 2.75) is 45.0 Å². The minimum Gasteiger partial charge on any atom is -0.392 e. The fourth-order valence-electron chi connectivity index (χ4n) is 6.42. The van der Waals surface area contributed by atoms with Gasteiger partial charge in [-0.15, -0.1) is 0 Å². The van der Waals surface area contributed by atoms with Gasteiger partial charge in [0.2, 0.25) is 5.82 Å². The third-order valence-electron chi connectivity index (χ3n) is 9.48. The number of ether oxygens (including phenoxy) is 2. The Hall–Kier alpha value is -5.01. The lowest BCUT2D eigenvalue weighted by atomic mass is 9.90. The second kappa shape index (κ2) is 16.8. The van der Waals surface area contributed by atoms with Gasteiger partial charge in [-0.25, -0.2) is 22.0 Å². The molecule has 1 fully saturated rings. The number of aliphatic hydroxyl groups excluding tert-OH is 1. The van der Waals surface area contributed by atoms with Gasteiger partial charge in [0.05, 0.1) is 18.8 Å². The van der Waals surface area contributed by atoms with Crippen LogP contribution in [0.4, 0.5) is 22.0 Å². The first kappa shape index (κ1) is 37.7. The summed E-state index contributed by atoms with van der Waals surface area (Å²) in [5.41, 5.74) is 3.92. The van der Waals surface area contributed by atoms with E-state index < -0.39 is 46.8 Å². The molecule has 0 radical (unpaired) electrons. The van der Waals surface area contributed by atoms with E-state index in [9.17, 15) is 31.9 Å². The molecule has 1 amide bonds. The summed E-state index contributed by atoms with van der Waals surface area (Å²) in [5, 5.41) is 11.9. The van der Waals surface area contributed by atoms with Gasteiger partial charge in [-0.3, -0.25) is 9.78 Å². The number of carbonyl (C=O) groups excluding carboxylic acids is 1. The maximum Gasteiger partial charge on any atom is 0.257 e. The third kappa shape index (κ3) is 8.47. The largest absolute Gasteiger partial charge is 0.392 e. The van der Waals surface area contributed by atoms with Gasteiger partial charge >= 0.3 is 0 Å². The van der Waals surface area contributed by atoms with Crippen molar-refractivity contribution in [3.8, 4) is 11.1 Å². The van der Waals surface area contributed by atoms with Crippen molar-refractivity contribution in [3.63, 3.8) is 0 Å². The molecule has 4 aromatic carbocycles. The van der Waals surface area contributed by atoms with Gasteiger partial charge in [-0.2, -0.15) is 0 Å². The molecule has 5 aromatic rings. The summed E-state index contributed by atoms with van der Waals surface area (Å²) in [6, 6.07) is 27.9. The average Bonchev–Trinajstić information content (AvgIpc) is 3.19. The molecule has 7 nitrogen and oxygen atoms in total. The number of rotatable bonds is 12. The summed E-state index contributed by atoms with van der Waals surface area (Å²) >= 11 is 0. The topological polar surface area (TPSA) is 83.9 Å². The molecule has 4 unspecified atom stereocenters. The van der Waals surface area contributed by atoms with Gasteiger partial charge in [0.15, 0.2) is 29.6 Å². The number of nitrogens with zero attached hydrogens (tertiary/aromatic N) is 2. The van der Waals surface area contributed by atoms with Crippen LogP contribution in [-0.2, 0) is 29.0 Å². The molecule has 4 atom stereocenters. The van der Waals surface area contributed by atoms with E-state index >= 15 is 0 Å². The molecular formula is C41H38F5N3O4. The lowest BCUT2D eigenvalue weighted by Gasteiger charge is -2.42. The van der Waals surface area contributed by atoms with Crippen LogP contribution in [0.3, 0.4) is 0 Å². The first-order valence-electron chi connectivity index (χ1n) is 17.1. The Kier molecular flexibility index (Phi) is 11.9. The molecule has 12 heteroatoms. The number of carbonyl (C=O) groups is 1. The molecule has 53 heavy (non-hydrogen) atoms. The van der Waals surface area contributed by atoms with Crippen molar-refractivity contribution in [2.24, 2.45) is 5.92 Å². The highest BCUT2D eigenvalue weighted by Gasteiger charge is 2.39. The molecule has 0 saturated carbocycles. The number of aliphatic hydroxyl groups is 1. The van der Waals surface area contributed by atoms with Crippen LogP contribution in [0.5, 0.6) is 0 Å². The van der Waals surface area contributed by atoms with Crippen LogP contribution < -0.4 is 5.32 Å². The van der Waals surface area contributed by atoms with E-state index in [4.69, 9.17) is 9.47 Å². The summed E-state index contributed by atoms with van der Waals surface area (Å²) in [6.45, 7) is 3.20. The van der Waals surface area contributed by atoms with Crippen molar-refractivity contribution >= 4 is 5.91 Å². The molecule has 2 heterocycles. The number of nitrogens with one attached hydrogen (secondary N) is 1. The van der Waals surface area contributed by atoms with Crippen molar-refractivity contribution < 1.29 is 41.3 Å². The second-order valence-electron chi connectivity index (χ2n) is 13.1. The zero-order chi connectivity index (χ0) is 37.6. The number of hydrogen-bond donors (Lipinski definition) is 2. The van der Waals surface area contributed by atoms with Crippen LogP contribution in [0.15, 0.2) is 97.2 Å². The molecule has 276 valence electrons. The maximum absolute atomic E-state index is 14.3. The number of benzene rings is 4. The number of hydrogen-bond acceptors (Lipinski definition) is 6. The molecule has 0 aliphatic carbocycles. The molecule has 1 aromatic heterocycles. The Morgan fingerprint density at radius 2 is 1.45 bits per heavy atom. The Balaban J connectivity index is 1.20. The number of pyridine rings is 1. The number of aromatic nitrogens is 1. The zero-order valence-corrected chi connectivity index (χ0v) is 29.0. The van der Waals surface area contributed by atoms with Crippen LogP contribution in [0.25, 0.3) is 11.1 Å². The van der Waals surface area contributed by atoms with Gasteiger partial charge in [0.1, 0.15) is 5.56 Å². The SMILES string of the molecule is CC1C(CN(C)CCc2ccccn2)OC(c2ccc(-c3ccccc3CNC(=O)c3c(F)c(F)c(F)c(F)c3F)cc2)OC1c1ccc(CO)cc1. The van der Waals surface area contributed by atoms with Crippen LogP contribution >= 0.6 is 0 Å². The Morgan fingerprint density at radius 3 is 2.11 bits per heavy atom. The number of halogens is 5. The lowest BCUT2D eigenvalue weighted by molar-refractivity contribution is -0.275.